The Morgan fingerprint density at radius 3 is 1.27 bits per heavy atom. The number of aliphatic hydroxyl groups is 5. The number of allylic oxidation sites excluding steroid dienone is 22. The number of hydrogen-bond acceptors (Lipinski definition) is 10. The van der Waals surface area contributed by atoms with Crippen LogP contribution >= 0.6 is 0 Å². The van der Waals surface area contributed by atoms with Crippen molar-refractivity contribution in [2.75, 3.05) is 13.2 Å². The molecule has 6 N–H and O–H groups in total. The van der Waals surface area contributed by atoms with Gasteiger partial charge in [-0.25, -0.2) is 0 Å². The summed E-state index contributed by atoms with van der Waals surface area (Å²) >= 11 is 0. The summed E-state index contributed by atoms with van der Waals surface area (Å²) in [6.07, 6.45) is 76.2. The highest BCUT2D eigenvalue weighted by Gasteiger charge is 2.47. The van der Waals surface area contributed by atoms with E-state index >= 15 is 0 Å². The molecule has 1 amide bonds. The van der Waals surface area contributed by atoms with Gasteiger partial charge in [0.2, 0.25) is 5.91 Å². The van der Waals surface area contributed by atoms with Crippen LogP contribution in [0.25, 0.3) is 0 Å². The number of hydrogen-bond donors (Lipinski definition) is 6. The summed E-state index contributed by atoms with van der Waals surface area (Å²) in [7, 11) is 0. The molecule has 8 atom stereocenters. The van der Waals surface area contributed by atoms with Crippen molar-refractivity contribution in [3.8, 4) is 0 Å². The number of amides is 1. The zero-order valence-electron chi connectivity index (χ0n) is 53.4. The number of aliphatic hydroxyl groups excluding tert-OH is 5. The van der Waals surface area contributed by atoms with Gasteiger partial charge in [0.1, 0.15) is 24.4 Å². The van der Waals surface area contributed by atoms with E-state index in [-0.39, 0.29) is 19.4 Å². The Hall–Kier alpha value is -4.46. The van der Waals surface area contributed by atoms with Crippen molar-refractivity contribution in [1.29, 1.82) is 0 Å². The van der Waals surface area contributed by atoms with Gasteiger partial charge in [0.05, 0.1) is 25.4 Å². The van der Waals surface area contributed by atoms with Crippen molar-refractivity contribution in [2.45, 2.75) is 294 Å². The quantitative estimate of drug-likeness (QED) is 0.0195. The molecule has 0 saturated carbocycles. The number of carbonyl (C=O) groups is 2. The summed E-state index contributed by atoms with van der Waals surface area (Å²) < 4.78 is 17.6. The lowest BCUT2D eigenvalue weighted by molar-refractivity contribution is -0.305. The predicted molar refractivity (Wildman–Crippen MR) is 356 cm³/mol. The molecule has 0 aromatic heterocycles. The molecule has 0 aromatic carbocycles. The van der Waals surface area contributed by atoms with Gasteiger partial charge in [0.25, 0.3) is 0 Å². The van der Waals surface area contributed by atoms with Crippen LogP contribution in [0.15, 0.2) is 146 Å². The van der Waals surface area contributed by atoms with Gasteiger partial charge in [-0.3, -0.25) is 9.59 Å². The molecule has 0 aliphatic carbocycles. The van der Waals surface area contributed by atoms with Gasteiger partial charge < -0.3 is 45.1 Å². The van der Waals surface area contributed by atoms with Crippen LogP contribution in [-0.4, -0.2) is 99.6 Å². The van der Waals surface area contributed by atoms with E-state index in [0.29, 0.717) is 12.8 Å². The van der Waals surface area contributed by atoms with Crippen molar-refractivity contribution in [3.05, 3.63) is 146 Å². The topological polar surface area (TPSA) is 175 Å². The molecule has 0 radical (unpaired) electrons. The molecule has 85 heavy (non-hydrogen) atoms. The highest BCUT2D eigenvalue weighted by Crippen LogP contribution is 2.26. The first-order valence-corrected chi connectivity index (χ1v) is 33.6. The average Bonchev–Trinajstić information content (AvgIpc) is 3.51. The van der Waals surface area contributed by atoms with Gasteiger partial charge in [0.15, 0.2) is 12.4 Å². The summed E-state index contributed by atoms with van der Waals surface area (Å²) in [6.45, 7) is 5.50. The van der Waals surface area contributed by atoms with E-state index in [1.807, 2.05) is 18.2 Å². The monoisotopic (exact) mass is 1180 g/mol. The highest BCUT2D eigenvalue weighted by molar-refractivity contribution is 5.81. The van der Waals surface area contributed by atoms with Crippen molar-refractivity contribution < 1.29 is 49.3 Å². The van der Waals surface area contributed by atoms with Crippen molar-refractivity contribution in [2.24, 2.45) is 0 Å². The van der Waals surface area contributed by atoms with Gasteiger partial charge in [-0.2, -0.15) is 0 Å². The Morgan fingerprint density at radius 2 is 0.847 bits per heavy atom. The van der Waals surface area contributed by atoms with E-state index in [0.717, 1.165) is 122 Å². The minimum absolute atomic E-state index is 0.0506. The normalized spacial score (nSPS) is 19.4. The molecule has 1 rings (SSSR count). The lowest BCUT2D eigenvalue weighted by Gasteiger charge is -2.41. The second-order valence-corrected chi connectivity index (χ2v) is 22.4. The largest absolute Gasteiger partial charge is 0.454 e. The fourth-order valence-electron chi connectivity index (χ4n) is 9.52. The maximum atomic E-state index is 13.4. The zero-order chi connectivity index (χ0) is 61.7. The molecule has 1 aliphatic heterocycles. The van der Waals surface area contributed by atoms with E-state index in [1.54, 1.807) is 12.2 Å². The van der Waals surface area contributed by atoms with Gasteiger partial charge in [0, 0.05) is 12.8 Å². The number of rotatable bonds is 55. The Bertz CT molecular complexity index is 1940. The molecule has 1 heterocycles. The van der Waals surface area contributed by atoms with Crippen LogP contribution in [0.3, 0.4) is 0 Å². The Balaban J connectivity index is 2.61. The lowest BCUT2D eigenvalue weighted by atomic mass is 9.99. The van der Waals surface area contributed by atoms with E-state index in [2.05, 4.69) is 142 Å². The predicted octanol–water partition coefficient (Wildman–Crippen LogP) is 16.9. The van der Waals surface area contributed by atoms with E-state index in [9.17, 15) is 35.1 Å². The number of ether oxygens (including phenoxy) is 3. The van der Waals surface area contributed by atoms with Crippen LogP contribution in [0, 0.1) is 0 Å². The molecule has 0 bridgehead atoms. The smallest absolute Gasteiger partial charge is 0.306 e. The highest BCUT2D eigenvalue weighted by atomic mass is 16.7. The third-order valence-electron chi connectivity index (χ3n) is 14.7. The maximum Gasteiger partial charge on any atom is 0.306 e. The number of esters is 1. The second kappa shape index (κ2) is 59.9. The summed E-state index contributed by atoms with van der Waals surface area (Å²) in [4.78, 5) is 26.6. The van der Waals surface area contributed by atoms with E-state index in [4.69, 9.17) is 14.2 Å². The molecule has 11 heteroatoms. The zero-order valence-corrected chi connectivity index (χ0v) is 53.4. The SMILES string of the molecule is CC/C=C\C/C=C\C/C=C\C/C=C\C/C=C\C/C=C\CC(O)C(=O)NC(COC1OC(CO)C(O)C(O)C1OC(=O)CCCCCCCCCCCCC/C=C\C/C=C\C/C=C\C/C=C\C/C=C\CC)C(O)/C=C/CCCCCCCCCCC. The first kappa shape index (κ1) is 78.6. The van der Waals surface area contributed by atoms with Gasteiger partial charge in [-0.15, -0.1) is 0 Å². The minimum atomic E-state index is -1.64. The van der Waals surface area contributed by atoms with E-state index < -0.39 is 67.4 Å². The summed E-state index contributed by atoms with van der Waals surface area (Å²) in [5.74, 6) is -1.30. The molecular formula is C74H121NO10. The standard InChI is InChI=1S/C74H121NO10/c1-4-7-10-13-16-19-22-24-26-28-30-31-32-33-34-35-36-37-38-40-42-44-47-50-53-56-59-62-69(79)85-72-71(81)70(80)68(63-76)84-74(72)83-64-65(66(77)60-57-54-51-48-45-21-18-15-12-9-6-3)75-73(82)67(78)61-58-55-52-49-46-43-41-39-29-27-25-23-20-17-14-11-8-5-2/h7-8,10-11,16-17,19-20,24-27,30-31,33-34,39,41,46,49,55,57-58,60,65-68,70-72,74,76-78,80-81H,4-6,9,12-15,18,21-23,28-29,32,35-38,40,42-45,47-48,50-54,56,59,61-64H2,1-3H3,(H,75,82)/b10-7-,11-8-,19-16-,20-17-,26-24-,27-25-,31-30-,34-33-,41-39-,49-46-,58-55-,60-57+. The van der Waals surface area contributed by atoms with Crippen molar-refractivity contribution >= 4 is 11.9 Å². The van der Waals surface area contributed by atoms with E-state index in [1.165, 1.54) is 77.0 Å². The number of nitrogens with one attached hydrogen (secondary N) is 1. The third kappa shape index (κ3) is 47.3. The molecule has 11 nitrogen and oxygen atoms in total. The average molecular weight is 1180 g/mol. The minimum Gasteiger partial charge on any atom is -0.454 e. The molecular weight excluding hydrogens is 1060 g/mol. The first-order valence-electron chi connectivity index (χ1n) is 33.6. The van der Waals surface area contributed by atoms with Gasteiger partial charge in [-0.1, -0.05) is 276 Å². The summed E-state index contributed by atoms with van der Waals surface area (Å²) in [6, 6.07) is -1.07. The Morgan fingerprint density at radius 1 is 0.471 bits per heavy atom. The van der Waals surface area contributed by atoms with Crippen molar-refractivity contribution in [1.82, 2.24) is 5.32 Å². The number of carbonyl (C=O) groups excluding carboxylic acids is 2. The van der Waals surface area contributed by atoms with Crippen LogP contribution in [0.4, 0.5) is 0 Å². The summed E-state index contributed by atoms with van der Waals surface area (Å²) in [5, 5.41) is 57.0. The van der Waals surface area contributed by atoms with Crippen LogP contribution in [-0.2, 0) is 23.8 Å². The molecule has 0 aromatic rings. The molecule has 482 valence electrons. The summed E-state index contributed by atoms with van der Waals surface area (Å²) in [5.41, 5.74) is 0. The van der Waals surface area contributed by atoms with Crippen LogP contribution in [0.1, 0.15) is 245 Å². The van der Waals surface area contributed by atoms with Crippen LogP contribution < -0.4 is 5.32 Å². The van der Waals surface area contributed by atoms with Crippen molar-refractivity contribution in [3.63, 3.8) is 0 Å². The second-order valence-electron chi connectivity index (χ2n) is 22.4. The third-order valence-corrected chi connectivity index (χ3v) is 14.7. The van der Waals surface area contributed by atoms with Crippen LogP contribution in [0.2, 0.25) is 0 Å². The number of unbranched alkanes of at least 4 members (excludes halogenated alkanes) is 20. The van der Waals surface area contributed by atoms with Crippen LogP contribution in [0.5, 0.6) is 0 Å². The first-order chi connectivity index (χ1) is 41.7. The molecule has 8 unspecified atom stereocenters. The molecule has 1 aliphatic rings. The molecule has 1 saturated heterocycles. The molecule has 0 spiro atoms. The Kier molecular flexibility index (Phi) is 55.3. The maximum absolute atomic E-state index is 13.4. The van der Waals surface area contributed by atoms with Gasteiger partial charge >= 0.3 is 5.97 Å². The Labute approximate surface area is 517 Å². The molecule has 1 fully saturated rings. The fraction of sp³-hybridized carbons (Fsp3) is 0.649. The van der Waals surface area contributed by atoms with Gasteiger partial charge in [-0.05, 0) is 103 Å². The fourth-order valence-corrected chi connectivity index (χ4v) is 9.52. The lowest BCUT2D eigenvalue weighted by Crippen LogP contribution is -2.61.